The number of carbonyl (C=O) groups is 1. The number of carbonyl (C=O) groups excluding carboxylic acids is 1. The molecule has 0 bridgehead atoms. The van der Waals surface area contributed by atoms with Crippen molar-refractivity contribution < 1.29 is 13.2 Å². The third-order valence-electron chi connectivity index (χ3n) is 5.44. The Morgan fingerprint density at radius 1 is 0.844 bits per heavy atom. The second-order valence-electron chi connectivity index (χ2n) is 8.83. The summed E-state index contributed by atoms with van der Waals surface area (Å²) >= 11 is 0. The van der Waals surface area contributed by atoms with Crippen LogP contribution in [0.2, 0.25) is 0 Å². The molecule has 0 radical (unpaired) electrons. The molecule has 32 heavy (non-hydrogen) atoms. The van der Waals surface area contributed by atoms with Crippen molar-refractivity contribution >= 4 is 27.0 Å². The number of imidazole rings is 1. The van der Waals surface area contributed by atoms with Crippen molar-refractivity contribution in [1.82, 2.24) is 8.54 Å². The molecule has 1 heterocycles. The molecule has 0 fully saturated rings. The molecule has 0 saturated carbocycles. The molecule has 4 rings (SSSR count). The van der Waals surface area contributed by atoms with Gasteiger partial charge in [0.25, 0.3) is 15.9 Å². The van der Waals surface area contributed by atoms with Crippen LogP contribution in [0.1, 0.15) is 42.3 Å². The fourth-order valence-electron chi connectivity index (χ4n) is 3.67. The molecule has 0 amide bonds. The fraction of sp³-hybridized carbons (Fsp3) is 0.200. The number of rotatable bonds is 3. The molecule has 1 aromatic heterocycles. The van der Waals surface area contributed by atoms with Gasteiger partial charge in [-0.1, -0.05) is 57.2 Å². The highest BCUT2D eigenvalue weighted by Crippen LogP contribution is 2.24. The first-order valence-electron chi connectivity index (χ1n) is 10.2. The largest absolute Gasteiger partial charge is 0.350 e. The first kappa shape index (κ1) is 21.8. The lowest BCUT2D eigenvalue weighted by Crippen LogP contribution is -2.33. The predicted molar refractivity (Wildman–Crippen MR) is 125 cm³/mol. The number of hydrogen-bond donors (Lipinski definition) is 0. The Hall–Kier alpha value is -3.45. The van der Waals surface area contributed by atoms with Crippen molar-refractivity contribution in [2.45, 2.75) is 38.0 Å². The van der Waals surface area contributed by atoms with Gasteiger partial charge in [0.1, 0.15) is 0 Å². The van der Waals surface area contributed by atoms with E-state index in [0.717, 1.165) is 15.7 Å². The number of aromatic nitrogens is 2. The normalized spacial score (nSPS) is 12.2. The molecule has 0 aliphatic rings. The summed E-state index contributed by atoms with van der Waals surface area (Å²) in [5.41, 5.74) is 1.48. The topological polar surface area (TPSA) is 78.1 Å². The molecule has 7 heteroatoms. The molecule has 0 aliphatic carbocycles. The zero-order chi connectivity index (χ0) is 23.3. The van der Waals surface area contributed by atoms with Crippen molar-refractivity contribution in [2.24, 2.45) is 0 Å². The molecule has 0 atom stereocenters. The van der Waals surface area contributed by atoms with Gasteiger partial charge in [-0.25, -0.2) is 17.8 Å². The highest BCUT2D eigenvalue weighted by atomic mass is 32.2. The first-order chi connectivity index (χ1) is 15.0. The Labute approximate surface area is 186 Å². The van der Waals surface area contributed by atoms with E-state index in [1.165, 1.54) is 18.2 Å². The lowest BCUT2D eigenvalue weighted by Gasteiger charge is -2.19. The van der Waals surface area contributed by atoms with Crippen LogP contribution in [0.15, 0.2) is 82.5 Å². The standard InChI is InChI=1S/C25H24N2O4S/c1-17-8-7-9-20(16-17)32(30,31)27-22-11-6-5-10-21(22)26(24(27)29)23(28)18-12-14-19(15-13-18)25(2,3)4/h5-16H,1-4H3. The number of benzene rings is 3. The summed E-state index contributed by atoms with van der Waals surface area (Å²) in [6, 6.07) is 19.7. The first-order valence-corrected chi connectivity index (χ1v) is 11.7. The van der Waals surface area contributed by atoms with Gasteiger partial charge in [0, 0.05) is 5.56 Å². The van der Waals surface area contributed by atoms with Gasteiger partial charge in [-0.15, -0.1) is 0 Å². The van der Waals surface area contributed by atoms with Gasteiger partial charge in [-0.2, -0.15) is 3.97 Å². The average Bonchev–Trinajstić information content (AvgIpc) is 3.05. The second kappa shape index (κ2) is 7.60. The fourth-order valence-corrected chi connectivity index (χ4v) is 5.17. The summed E-state index contributed by atoms with van der Waals surface area (Å²) in [6.07, 6.45) is 0. The van der Waals surface area contributed by atoms with E-state index in [2.05, 4.69) is 20.8 Å². The minimum atomic E-state index is -4.21. The number of para-hydroxylation sites is 2. The maximum atomic E-state index is 13.4. The highest BCUT2D eigenvalue weighted by molar-refractivity contribution is 7.90. The Morgan fingerprint density at radius 3 is 2.06 bits per heavy atom. The summed E-state index contributed by atoms with van der Waals surface area (Å²) in [5.74, 6) is -0.579. The van der Waals surface area contributed by atoms with E-state index in [1.807, 2.05) is 12.1 Å². The van der Waals surface area contributed by atoms with Crippen molar-refractivity contribution in [3.63, 3.8) is 0 Å². The Kier molecular flexibility index (Phi) is 5.17. The maximum Gasteiger partial charge on any atom is 0.350 e. The molecular weight excluding hydrogens is 424 g/mol. The van der Waals surface area contributed by atoms with Gasteiger partial charge in [-0.05, 0) is 59.9 Å². The van der Waals surface area contributed by atoms with Gasteiger partial charge < -0.3 is 0 Å². The number of aryl methyl sites for hydroxylation is 1. The van der Waals surface area contributed by atoms with Crippen molar-refractivity contribution in [3.8, 4) is 0 Å². The van der Waals surface area contributed by atoms with Crippen LogP contribution in [0, 0.1) is 6.92 Å². The maximum absolute atomic E-state index is 13.4. The Balaban J connectivity index is 1.93. The van der Waals surface area contributed by atoms with Crippen LogP contribution in [0.4, 0.5) is 0 Å². The predicted octanol–water partition coefficient (Wildman–Crippen LogP) is 4.33. The zero-order valence-corrected chi connectivity index (χ0v) is 19.2. The molecule has 0 N–H and O–H groups in total. The number of nitrogens with zero attached hydrogens (tertiary/aromatic N) is 2. The van der Waals surface area contributed by atoms with E-state index in [4.69, 9.17) is 0 Å². The summed E-state index contributed by atoms with van der Waals surface area (Å²) in [4.78, 5) is 26.7. The van der Waals surface area contributed by atoms with Crippen LogP contribution >= 0.6 is 0 Å². The average molecular weight is 449 g/mol. The molecular formula is C25H24N2O4S. The Bertz CT molecular complexity index is 1500. The molecule has 4 aromatic rings. The molecule has 164 valence electrons. The van der Waals surface area contributed by atoms with Gasteiger partial charge in [0.2, 0.25) is 0 Å². The molecule has 0 aliphatic heterocycles. The van der Waals surface area contributed by atoms with E-state index in [0.29, 0.717) is 9.54 Å². The summed E-state index contributed by atoms with van der Waals surface area (Å²) < 4.78 is 28.4. The summed E-state index contributed by atoms with van der Waals surface area (Å²) in [7, 11) is -4.21. The number of hydrogen-bond acceptors (Lipinski definition) is 4. The second-order valence-corrected chi connectivity index (χ2v) is 10.6. The van der Waals surface area contributed by atoms with Crippen LogP contribution in [-0.4, -0.2) is 22.9 Å². The van der Waals surface area contributed by atoms with E-state index >= 15 is 0 Å². The van der Waals surface area contributed by atoms with Crippen LogP contribution in [0.3, 0.4) is 0 Å². The van der Waals surface area contributed by atoms with Gasteiger partial charge in [0.15, 0.2) is 0 Å². The van der Waals surface area contributed by atoms with Crippen LogP contribution < -0.4 is 5.69 Å². The van der Waals surface area contributed by atoms with E-state index < -0.39 is 21.6 Å². The Morgan fingerprint density at radius 2 is 1.47 bits per heavy atom. The van der Waals surface area contributed by atoms with E-state index in [9.17, 15) is 18.0 Å². The lowest BCUT2D eigenvalue weighted by molar-refractivity contribution is 0.0960. The van der Waals surface area contributed by atoms with Crippen LogP contribution in [0.25, 0.3) is 11.0 Å². The van der Waals surface area contributed by atoms with Crippen molar-refractivity contribution in [2.75, 3.05) is 0 Å². The summed E-state index contributed by atoms with van der Waals surface area (Å²) in [5, 5.41) is 0. The van der Waals surface area contributed by atoms with E-state index in [-0.39, 0.29) is 21.3 Å². The third kappa shape index (κ3) is 3.58. The SMILES string of the molecule is Cc1cccc(S(=O)(=O)n2c(=O)n(C(=O)c3ccc(C(C)(C)C)cc3)c3ccccc32)c1. The van der Waals surface area contributed by atoms with Gasteiger partial charge in [0.05, 0.1) is 15.9 Å². The molecule has 3 aromatic carbocycles. The molecule has 0 unspecified atom stereocenters. The highest BCUT2D eigenvalue weighted by Gasteiger charge is 2.28. The summed E-state index contributed by atoms with van der Waals surface area (Å²) in [6.45, 7) is 7.98. The van der Waals surface area contributed by atoms with Crippen molar-refractivity contribution in [3.05, 3.63) is 100.0 Å². The van der Waals surface area contributed by atoms with Crippen LogP contribution in [-0.2, 0) is 15.4 Å². The lowest BCUT2D eigenvalue weighted by atomic mass is 9.87. The smallest absolute Gasteiger partial charge is 0.268 e. The van der Waals surface area contributed by atoms with Gasteiger partial charge >= 0.3 is 5.69 Å². The van der Waals surface area contributed by atoms with Gasteiger partial charge in [-0.3, -0.25) is 4.79 Å². The molecule has 0 spiro atoms. The quantitative estimate of drug-likeness (QED) is 0.467. The molecule has 0 saturated heterocycles. The third-order valence-corrected chi connectivity index (χ3v) is 7.12. The molecule has 6 nitrogen and oxygen atoms in total. The van der Waals surface area contributed by atoms with Crippen molar-refractivity contribution in [1.29, 1.82) is 0 Å². The minimum absolute atomic E-state index is 0.00974. The monoisotopic (exact) mass is 448 g/mol. The number of fused-ring (bicyclic) bond motifs is 1. The zero-order valence-electron chi connectivity index (χ0n) is 18.4. The van der Waals surface area contributed by atoms with Crippen LogP contribution in [0.5, 0.6) is 0 Å². The van der Waals surface area contributed by atoms with E-state index in [1.54, 1.807) is 49.4 Å². The minimum Gasteiger partial charge on any atom is -0.268 e.